The lowest BCUT2D eigenvalue weighted by Crippen LogP contribution is -2.30. The van der Waals surface area contributed by atoms with Crippen LogP contribution in [0.15, 0.2) is 12.3 Å². The van der Waals surface area contributed by atoms with Crippen LogP contribution in [0.4, 0.5) is 4.39 Å². The maximum Gasteiger partial charge on any atom is 0.131 e. The van der Waals surface area contributed by atoms with E-state index in [0.29, 0.717) is 11.6 Å². The second-order valence-electron chi connectivity index (χ2n) is 3.83. The van der Waals surface area contributed by atoms with Crippen molar-refractivity contribution < 1.29 is 4.39 Å². The third kappa shape index (κ3) is 2.12. The van der Waals surface area contributed by atoms with Gasteiger partial charge in [0.05, 0.1) is 5.69 Å². The zero-order valence-electron chi connectivity index (χ0n) is 8.25. The van der Waals surface area contributed by atoms with Crippen molar-refractivity contribution in [2.75, 3.05) is 13.1 Å². The van der Waals surface area contributed by atoms with Gasteiger partial charge in [0.15, 0.2) is 0 Å². The first-order valence-electron chi connectivity index (χ1n) is 5.17. The molecule has 4 heteroatoms. The van der Waals surface area contributed by atoms with E-state index in [1.807, 2.05) is 0 Å². The van der Waals surface area contributed by atoms with E-state index in [1.165, 1.54) is 12.8 Å². The predicted octanol–water partition coefficient (Wildman–Crippen LogP) is 1.35. The number of halogens is 1. The summed E-state index contributed by atoms with van der Waals surface area (Å²) in [5.41, 5.74) is 0.698. The monoisotopic (exact) mass is 197 g/mol. The highest BCUT2D eigenvalue weighted by Gasteiger charge is 2.14. The van der Waals surface area contributed by atoms with Gasteiger partial charge in [-0.25, -0.2) is 4.39 Å². The highest BCUT2D eigenvalue weighted by molar-refractivity contribution is 4.98. The number of piperidine rings is 1. The van der Waals surface area contributed by atoms with Gasteiger partial charge in [0.25, 0.3) is 0 Å². The summed E-state index contributed by atoms with van der Waals surface area (Å²) in [5, 5.41) is 7.46. The average molecular weight is 197 g/mol. The summed E-state index contributed by atoms with van der Waals surface area (Å²) in [6, 6.07) is 1.75. The lowest BCUT2D eigenvalue weighted by molar-refractivity contribution is 0.310. The van der Waals surface area contributed by atoms with Crippen molar-refractivity contribution in [2.45, 2.75) is 26.1 Å². The van der Waals surface area contributed by atoms with E-state index in [1.54, 1.807) is 16.9 Å². The smallest absolute Gasteiger partial charge is 0.131 e. The van der Waals surface area contributed by atoms with Crippen molar-refractivity contribution in [1.82, 2.24) is 15.1 Å². The number of alkyl halides is 1. The minimum absolute atomic E-state index is 0.412. The fourth-order valence-electron chi connectivity index (χ4n) is 1.95. The number of nitrogens with one attached hydrogen (secondary N) is 1. The molecule has 0 bridgehead atoms. The second-order valence-corrected chi connectivity index (χ2v) is 3.83. The van der Waals surface area contributed by atoms with Gasteiger partial charge in [0, 0.05) is 12.7 Å². The Labute approximate surface area is 83.3 Å². The summed E-state index contributed by atoms with van der Waals surface area (Å²) in [4.78, 5) is 0. The molecule has 0 atom stereocenters. The van der Waals surface area contributed by atoms with Crippen molar-refractivity contribution in [1.29, 1.82) is 0 Å². The van der Waals surface area contributed by atoms with E-state index in [9.17, 15) is 4.39 Å². The Morgan fingerprint density at radius 3 is 3.00 bits per heavy atom. The topological polar surface area (TPSA) is 29.9 Å². The molecule has 2 rings (SSSR count). The Kier molecular flexibility index (Phi) is 3.14. The molecular formula is C10H16FN3. The maximum absolute atomic E-state index is 12.5. The van der Waals surface area contributed by atoms with E-state index in [4.69, 9.17) is 0 Å². The summed E-state index contributed by atoms with van der Waals surface area (Å²) < 4.78 is 14.3. The van der Waals surface area contributed by atoms with Crippen LogP contribution >= 0.6 is 0 Å². The third-order valence-corrected chi connectivity index (χ3v) is 2.83. The van der Waals surface area contributed by atoms with E-state index in [2.05, 4.69) is 10.4 Å². The molecule has 1 aromatic heterocycles. The zero-order valence-corrected chi connectivity index (χ0v) is 8.25. The minimum atomic E-state index is -0.412. The Bertz CT molecular complexity index is 279. The van der Waals surface area contributed by atoms with Crippen LogP contribution < -0.4 is 5.32 Å². The molecule has 1 aromatic rings. The summed E-state index contributed by atoms with van der Waals surface area (Å²) in [5.74, 6) is 0.654. The molecule has 1 aliphatic rings. The van der Waals surface area contributed by atoms with Gasteiger partial charge in [0.1, 0.15) is 6.67 Å². The summed E-state index contributed by atoms with van der Waals surface area (Å²) in [7, 11) is 0. The van der Waals surface area contributed by atoms with Crippen LogP contribution in [0.2, 0.25) is 0 Å². The maximum atomic E-state index is 12.5. The summed E-state index contributed by atoms with van der Waals surface area (Å²) >= 11 is 0. The highest BCUT2D eigenvalue weighted by atomic mass is 19.1. The molecule has 0 saturated carbocycles. The molecule has 78 valence electrons. The Morgan fingerprint density at radius 2 is 2.29 bits per heavy atom. The highest BCUT2D eigenvalue weighted by Crippen LogP contribution is 2.15. The van der Waals surface area contributed by atoms with Crippen molar-refractivity contribution in [3.05, 3.63) is 18.0 Å². The number of hydrogen-bond acceptors (Lipinski definition) is 2. The fourth-order valence-corrected chi connectivity index (χ4v) is 1.95. The van der Waals surface area contributed by atoms with Crippen LogP contribution in [0.25, 0.3) is 0 Å². The van der Waals surface area contributed by atoms with Crippen LogP contribution in [-0.2, 0) is 13.2 Å². The van der Waals surface area contributed by atoms with Gasteiger partial charge in [-0.3, -0.25) is 4.68 Å². The van der Waals surface area contributed by atoms with Crippen LogP contribution in [0, 0.1) is 5.92 Å². The van der Waals surface area contributed by atoms with E-state index < -0.39 is 6.67 Å². The molecule has 0 radical (unpaired) electrons. The van der Waals surface area contributed by atoms with Crippen molar-refractivity contribution in [2.24, 2.45) is 5.92 Å². The zero-order chi connectivity index (χ0) is 9.80. The number of aromatic nitrogens is 2. The van der Waals surface area contributed by atoms with Gasteiger partial charge >= 0.3 is 0 Å². The molecule has 3 nitrogen and oxygen atoms in total. The second kappa shape index (κ2) is 4.55. The van der Waals surface area contributed by atoms with Gasteiger partial charge < -0.3 is 5.32 Å². The molecular weight excluding hydrogens is 181 g/mol. The van der Waals surface area contributed by atoms with Crippen molar-refractivity contribution >= 4 is 0 Å². The van der Waals surface area contributed by atoms with Gasteiger partial charge in [-0.2, -0.15) is 5.10 Å². The molecule has 0 unspecified atom stereocenters. The third-order valence-electron chi connectivity index (χ3n) is 2.83. The number of nitrogens with zero attached hydrogens (tertiary/aromatic N) is 2. The fraction of sp³-hybridized carbons (Fsp3) is 0.700. The molecule has 2 heterocycles. The number of hydrogen-bond donors (Lipinski definition) is 1. The van der Waals surface area contributed by atoms with Gasteiger partial charge in [-0.1, -0.05) is 0 Å². The summed E-state index contributed by atoms with van der Waals surface area (Å²) in [6.07, 6.45) is 4.02. The van der Waals surface area contributed by atoms with E-state index >= 15 is 0 Å². The summed E-state index contributed by atoms with van der Waals surface area (Å²) in [6.45, 7) is 2.62. The first-order valence-corrected chi connectivity index (χ1v) is 5.17. The van der Waals surface area contributed by atoms with E-state index in [0.717, 1.165) is 19.6 Å². The first kappa shape index (κ1) is 9.65. The van der Waals surface area contributed by atoms with Crippen molar-refractivity contribution in [3.8, 4) is 0 Å². The SMILES string of the molecule is FCc1ccnn1CC1CCNCC1. The van der Waals surface area contributed by atoms with Gasteiger partial charge in [-0.05, 0) is 37.9 Å². The Hall–Kier alpha value is -0.900. The molecule has 1 fully saturated rings. The quantitative estimate of drug-likeness (QED) is 0.792. The largest absolute Gasteiger partial charge is 0.317 e. The van der Waals surface area contributed by atoms with Crippen LogP contribution in [-0.4, -0.2) is 22.9 Å². The average Bonchev–Trinajstić information content (AvgIpc) is 2.67. The molecule has 1 saturated heterocycles. The normalized spacial score (nSPS) is 18.6. The van der Waals surface area contributed by atoms with Crippen molar-refractivity contribution in [3.63, 3.8) is 0 Å². The standard InChI is InChI=1S/C10H16FN3/c11-7-10-3-6-13-14(10)8-9-1-4-12-5-2-9/h3,6,9,12H,1-2,4-5,7-8H2. The lowest BCUT2D eigenvalue weighted by Gasteiger charge is -2.22. The molecule has 1 N–H and O–H groups in total. The molecule has 14 heavy (non-hydrogen) atoms. The van der Waals surface area contributed by atoms with Crippen LogP contribution in [0.3, 0.4) is 0 Å². The van der Waals surface area contributed by atoms with Crippen LogP contribution in [0.1, 0.15) is 18.5 Å². The molecule has 0 aliphatic carbocycles. The lowest BCUT2D eigenvalue weighted by atomic mass is 9.98. The van der Waals surface area contributed by atoms with Gasteiger partial charge in [-0.15, -0.1) is 0 Å². The molecule has 0 spiro atoms. The van der Waals surface area contributed by atoms with Gasteiger partial charge in [0.2, 0.25) is 0 Å². The Balaban J connectivity index is 1.95. The van der Waals surface area contributed by atoms with Crippen LogP contribution in [0.5, 0.6) is 0 Å². The first-order chi connectivity index (χ1) is 6.90. The number of rotatable bonds is 3. The molecule has 0 aromatic carbocycles. The Morgan fingerprint density at radius 1 is 1.50 bits per heavy atom. The van der Waals surface area contributed by atoms with E-state index in [-0.39, 0.29) is 0 Å². The predicted molar refractivity (Wildman–Crippen MR) is 52.6 cm³/mol. The molecule has 0 amide bonds. The minimum Gasteiger partial charge on any atom is -0.317 e. The molecule has 1 aliphatic heterocycles.